The lowest BCUT2D eigenvalue weighted by Crippen LogP contribution is -2.26. The Hall–Kier alpha value is -3.54. The minimum Gasteiger partial charge on any atom is -0.497 e. The third-order valence-corrected chi connectivity index (χ3v) is 6.03. The van der Waals surface area contributed by atoms with Crippen LogP contribution in [0.25, 0.3) is 22.0 Å². The zero-order valence-corrected chi connectivity index (χ0v) is 17.4. The number of benzene rings is 2. The molecule has 0 fully saturated rings. The van der Waals surface area contributed by atoms with E-state index in [1.807, 2.05) is 38.5 Å². The summed E-state index contributed by atoms with van der Waals surface area (Å²) in [6.07, 6.45) is 5.87. The Morgan fingerprint density at radius 3 is 2.73 bits per heavy atom. The Bertz CT molecular complexity index is 1310. The number of anilines is 2. The van der Waals surface area contributed by atoms with Gasteiger partial charge in [0, 0.05) is 54.1 Å². The van der Waals surface area contributed by atoms with Crippen LogP contribution < -0.4 is 15.2 Å². The Balaban J connectivity index is 1.71. The van der Waals surface area contributed by atoms with Gasteiger partial charge < -0.3 is 14.2 Å². The number of aromatic amines is 1. The summed E-state index contributed by atoms with van der Waals surface area (Å²) in [5, 5.41) is 8.02. The average molecular weight is 400 g/mol. The van der Waals surface area contributed by atoms with E-state index in [2.05, 4.69) is 39.4 Å². The van der Waals surface area contributed by atoms with E-state index in [9.17, 15) is 4.79 Å². The minimum absolute atomic E-state index is 0.0190. The number of methoxy groups -OCH3 is 1. The van der Waals surface area contributed by atoms with Crippen molar-refractivity contribution >= 4 is 22.3 Å². The van der Waals surface area contributed by atoms with Gasteiger partial charge in [0.05, 0.1) is 24.5 Å². The molecule has 0 aliphatic carbocycles. The second-order valence-corrected chi connectivity index (χ2v) is 7.86. The molecule has 1 aliphatic heterocycles. The standard InChI is InChI=1S/C24H24N4O2/c1-15-9-20-22(27(2)24(15)29)11-19(30-3)12-23(20)28-8-4-5-17-10-16(6-7-21(17)28)18-13-25-26-14-18/h6-7,9-14H,4-5,8H2,1-3H3,(H,25,26). The molecule has 6 nitrogen and oxygen atoms in total. The third kappa shape index (κ3) is 2.87. The number of H-pyrrole nitrogens is 1. The highest BCUT2D eigenvalue weighted by molar-refractivity contribution is 5.96. The smallest absolute Gasteiger partial charge is 0.253 e. The molecule has 0 radical (unpaired) electrons. The zero-order chi connectivity index (χ0) is 20.8. The first-order chi connectivity index (χ1) is 14.6. The first-order valence-electron chi connectivity index (χ1n) is 10.1. The second-order valence-electron chi connectivity index (χ2n) is 7.86. The van der Waals surface area contributed by atoms with Crippen LogP contribution in [-0.2, 0) is 13.5 Å². The van der Waals surface area contributed by atoms with Crippen LogP contribution in [0.3, 0.4) is 0 Å². The van der Waals surface area contributed by atoms with Gasteiger partial charge in [0.2, 0.25) is 0 Å². The lowest BCUT2D eigenvalue weighted by Gasteiger charge is -2.33. The number of ether oxygens (including phenoxy) is 1. The lowest BCUT2D eigenvalue weighted by molar-refractivity contribution is 0.415. The Labute approximate surface area is 174 Å². The molecular formula is C24H24N4O2. The minimum atomic E-state index is 0.0190. The van der Waals surface area contributed by atoms with Crippen molar-refractivity contribution in [3.8, 4) is 16.9 Å². The number of aryl methyl sites for hydroxylation is 3. The molecule has 3 heterocycles. The molecule has 152 valence electrons. The predicted molar refractivity (Wildman–Crippen MR) is 120 cm³/mol. The molecule has 0 atom stereocenters. The molecule has 2 aromatic carbocycles. The summed E-state index contributed by atoms with van der Waals surface area (Å²) < 4.78 is 7.29. The summed E-state index contributed by atoms with van der Waals surface area (Å²) in [6.45, 7) is 2.79. The van der Waals surface area contributed by atoms with Crippen LogP contribution in [0.5, 0.6) is 5.75 Å². The van der Waals surface area contributed by atoms with Gasteiger partial charge in [-0.15, -0.1) is 0 Å². The molecule has 0 unspecified atom stereocenters. The number of aromatic nitrogens is 3. The predicted octanol–water partition coefficient (Wildman–Crippen LogP) is 4.33. The van der Waals surface area contributed by atoms with Crippen LogP contribution in [0.2, 0.25) is 0 Å². The highest BCUT2D eigenvalue weighted by atomic mass is 16.5. The first kappa shape index (κ1) is 18.5. The molecule has 6 heteroatoms. The molecular weight excluding hydrogens is 376 g/mol. The van der Waals surface area contributed by atoms with E-state index in [0.717, 1.165) is 58.4 Å². The SMILES string of the molecule is COc1cc(N2CCCc3cc(-c4cn[nH]c4)ccc32)c2cc(C)c(=O)n(C)c2c1. The van der Waals surface area contributed by atoms with Crippen LogP contribution in [0.15, 0.2) is 53.6 Å². The van der Waals surface area contributed by atoms with Crippen LogP contribution in [0.1, 0.15) is 17.5 Å². The van der Waals surface area contributed by atoms with Crippen molar-refractivity contribution in [2.45, 2.75) is 19.8 Å². The van der Waals surface area contributed by atoms with Crippen molar-refractivity contribution in [1.29, 1.82) is 0 Å². The van der Waals surface area contributed by atoms with Crippen LogP contribution in [-0.4, -0.2) is 28.4 Å². The van der Waals surface area contributed by atoms with Crippen molar-refractivity contribution in [2.75, 3.05) is 18.6 Å². The van der Waals surface area contributed by atoms with Gasteiger partial charge in [-0.3, -0.25) is 9.89 Å². The van der Waals surface area contributed by atoms with Crippen molar-refractivity contribution in [3.63, 3.8) is 0 Å². The Kier molecular flexibility index (Phi) is 4.35. The average Bonchev–Trinajstić information content (AvgIpc) is 3.31. The maximum Gasteiger partial charge on any atom is 0.253 e. The monoisotopic (exact) mass is 400 g/mol. The highest BCUT2D eigenvalue weighted by Gasteiger charge is 2.22. The van der Waals surface area contributed by atoms with E-state index in [0.29, 0.717) is 0 Å². The summed E-state index contributed by atoms with van der Waals surface area (Å²) in [7, 11) is 3.49. The molecule has 0 spiro atoms. The number of rotatable bonds is 3. The number of hydrogen-bond donors (Lipinski definition) is 1. The van der Waals surface area contributed by atoms with Gasteiger partial charge in [-0.2, -0.15) is 5.10 Å². The van der Waals surface area contributed by atoms with E-state index >= 15 is 0 Å². The largest absolute Gasteiger partial charge is 0.497 e. The molecule has 0 saturated heterocycles. The maximum absolute atomic E-state index is 12.5. The molecule has 0 amide bonds. The summed E-state index contributed by atoms with van der Waals surface area (Å²) in [6, 6.07) is 12.6. The number of pyridine rings is 1. The number of fused-ring (bicyclic) bond motifs is 2. The summed E-state index contributed by atoms with van der Waals surface area (Å²) in [5.41, 5.74) is 7.48. The second kappa shape index (κ2) is 7.06. The zero-order valence-electron chi connectivity index (χ0n) is 17.4. The van der Waals surface area contributed by atoms with Crippen LogP contribution in [0, 0.1) is 6.92 Å². The normalized spacial score (nSPS) is 13.5. The molecule has 1 N–H and O–H groups in total. The van der Waals surface area contributed by atoms with Gasteiger partial charge in [0.25, 0.3) is 5.56 Å². The summed E-state index contributed by atoms with van der Waals surface area (Å²) >= 11 is 0. The quantitative estimate of drug-likeness (QED) is 0.556. The van der Waals surface area contributed by atoms with Crippen molar-refractivity contribution in [3.05, 3.63) is 70.3 Å². The molecule has 4 aromatic rings. The number of nitrogens with zero attached hydrogens (tertiary/aromatic N) is 3. The van der Waals surface area contributed by atoms with E-state index in [4.69, 9.17) is 4.74 Å². The van der Waals surface area contributed by atoms with Gasteiger partial charge in [-0.05, 0) is 49.1 Å². The third-order valence-electron chi connectivity index (χ3n) is 6.03. The van der Waals surface area contributed by atoms with Gasteiger partial charge >= 0.3 is 0 Å². The van der Waals surface area contributed by atoms with Gasteiger partial charge in [0.15, 0.2) is 0 Å². The number of nitrogens with one attached hydrogen (secondary N) is 1. The highest BCUT2D eigenvalue weighted by Crippen LogP contribution is 2.40. The van der Waals surface area contributed by atoms with Gasteiger partial charge in [0.1, 0.15) is 5.75 Å². The van der Waals surface area contributed by atoms with Crippen LogP contribution in [0.4, 0.5) is 11.4 Å². The molecule has 0 bridgehead atoms. The lowest BCUT2D eigenvalue weighted by atomic mass is 9.96. The van der Waals surface area contributed by atoms with Gasteiger partial charge in [-0.25, -0.2) is 0 Å². The van der Waals surface area contributed by atoms with E-state index in [1.54, 1.807) is 11.7 Å². The number of hydrogen-bond acceptors (Lipinski definition) is 4. The van der Waals surface area contributed by atoms with E-state index < -0.39 is 0 Å². The summed E-state index contributed by atoms with van der Waals surface area (Å²) in [5.74, 6) is 0.749. The fraction of sp³-hybridized carbons (Fsp3) is 0.250. The van der Waals surface area contributed by atoms with Gasteiger partial charge in [-0.1, -0.05) is 6.07 Å². The molecule has 5 rings (SSSR count). The van der Waals surface area contributed by atoms with Crippen molar-refractivity contribution in [1.82, 2.24) is 14.8 Å². The Morgan fingerprint density at radius 1 is 1.10 bits per heavy atom. The van der Waals surface area contributed by atoms with E-state index in [-0.39, 0.29) is 5.56 Å². The molecule has 30 heavy (non-hydrogen) atoms. The molecule has 2 aromatic heterocycles. The summed E-state index contributed by atoms with van der Waals surface area (Å²) in [4.78, 5) is 14.9. The van der Waals surface area contributed by atoms with Crippen LogP contribution >= 0.6 is 0 Å². The van der Waals surface area contributed by atoms with Crippen molar-refractivity contribution < 1.29 is 4.74 Å². The topological polar surface area (TPSA) is 63.1 Å². The fourth-order valence-corrected chi connectivity index (χ4v) is 4.45. The fourth-order valence-electron chi connectivity index (χ4n) is 4.45. The molecule has 1 aliphatic rings. The molecule has 0 saturated carbocycles. The first-order valence-corrected chi connectivity index (χ1v) is 10.1. The van der Waals surface area contributed by atoms with E-state index in [1.165, 1.54) is 11.3 Å². The maximum atomic E-state index is 12.5. The van der Waals surface area contributed by atoms with Crippen molar-refractivity contribution in [2.24, 2.45) is 7.05 Å². The Morgan fingerprint density at radius 2 is 1.97 bits per heavy atom.